The SMILES string of the molecule is CCOC(=O)c1ccc(C(=O)N2CCC(c3ccc(NC(=O)c4n[nH]c5ccc(F)cc45)cc3)CC2)cc1. The van der Waals surface area contributed by atoms with Crippen molar-refractivity contribution in [3.05, 3.63) is 94.9 Å². The van der Waals surface area contributed by atoms with Gasteiger partial charge >= 0.3 is 5.97 Å². The zero-order chi connectivity index (χ0) is 26.6. The fraction of sp³-hybridized carbons (Fsp3) is 0.241. The molecule has 9 heteroatoms. The zero-order valence-corrected chi connectivity index (χ0v) is 20.9. The van der Waals surface area contributed by atoms with E-state index in [1.807, 2.05) is 29.2 Å². The van der Waals surface area contributed by atoms with Crippen LogP contribution in [0.3, 0.4) is 0 Å². The van der Waals surface area contributed by atoms with E-state index in [0.717, 1.165) is 18.4 Å². The highest BCUT2D eigenvalue weighted by atomic mass is 19.1. The monoisotopic (exact) mass is 514 g/mol. The van der Waals surface area contributed by atoms with E-state index in [1.165, 1.54) is 12.1 Å². The first-order chi connectivity index (χ1) is 18.4. The number of amides is 2. The molecule has 0 bridgehead atoms. The van der Waals surface area contributed by atoms with E-state index < -0.39 is 17.7 Å². The number of rotatable bonds is 6. The summed E-state index contributed by atoms with van der Waals surface area (Å²) in [7, 11) is 0. The number of fused-ring (bicyclic) bond motifs is 1. The normalized spacial score (nSPS) is 13.9. The van der Waals surface area contributed by atoms with Crippen LogP contribution in [-0.2, 0) is 4.74 Å². The van der Waals surface area contributed by atoms with Crippen molar-refractivity contribution in [1.29, 1.82) is 0 Å². The molecule has 0 unspecified atom stereocenters. The second-order valence-electron chi connectivity index (χ2n) is 9.20. The summed E-state index contributed by atoms with van der Waals surface area (Å²) < 4.78 is 18.6. The third-order valence-corrected chi connectivity index (χ3v) is 6.81. The van der Waals surface area contributed by atoms with Gasteiger partial charge in [0.1, 0.15) is 5.82 Å². The van der Waals surface area contributed by atoms with Crippen LogP contribution in [0.4, 0.5) is 10.1 Å². The minimum atomic E-state index is -0.433. The Labute approximate surface area is 218 Å². The molecule has 2 heterocycles. The summed E-state index contributed by atoms with van der Waals surface area (Å²) in [6.45, 7) is 3.31. The minimum absolute atomic E-state index is 0.0531. The van der Waals surface area contributed by atoms with Gasteiger partial charge in [0, 0.05) is 29.7 Å². The number of aromatic nitrogens is 2. The number of piperidine rings is 1. The second-order valence-corrected chi connectivity index (χ2v) is 9.20. The minimum Gasteiger partial charge on any atom is -0.462 e. The number of hydrogen-bond donors (Lipinski definition) is 2. The number of esters is 1. The first-order valence-electron chi connectivity index (χ1n) is 12.5. The summed E-state index contributed by atoms with van der Waals surface area (Å²) in [4.78, 5) is 39.3. The van der Waals surface area contributed by atoms with Gasteiger partial charge in [-0.1, -0.05) is 12.1 Å². The van der Waals surface area contributed by atoms with Gasteiger partial charge in [0.2, 0.25) is 0 Å². The van der Waals surface area contributed by atoms with E-state index in [9.17, 15) is 18.8 Å². The fourth-order valence-electron chi connectivity index (χ4n) is 4.75. The average Bonchev–Trinajstić information content (AvgIpc) is 3.37. The Balaban J connectivity index is 1.16. The number of nitrogens with zero attached hydrogens (tertiary/aromatic N) is 2. The number of aromatic amines is 1. The van der Waals surface area contributed by atoms with Gasteiger partial charge in [-0.15, -0.1) is 0 Å². The van der Waals surface area contributed by atoms with E-state index in [0.29, 0.717) is 53.3 Å². The number of carbonyl (C=O) groups is 3. The van der Waals surface area contributed by atoms with Gasteiger partial charge in [0.05, 0.1) is 17.7 Å². The maximum atomic E-state index is 13.6. The van der Waals surface area contributed by atoms with Crippen molar-refractivity contribution in [3.63, 3.8) is 0 Å². The molecule has 0 atom stereocenters. The van der Waals surface area contributed by atoms with Crippen molar-refractivity contribution >= 4 is 34.4 Å². The van der Waals surface area contributed by atoms with Gasteiger partial charge < -0.3 is 15.0 Å². The molecule has 194 valence electrons. The molecule has 2 amide bonds. The standard InChI is InChI=1S/C29H27FN4O4/c1-2-38-29(37)21-5-3-20(4-6-21)28(36)34-15-13-19(14-16-34)18-7-10-23(11-8-18)31-27(35)26-24-17-22(30)9-12-25(24)32-33-26/h3-12,17,19H,2,13-16H2,1H3,(H,31,35)(H,32,33). The molecule has 1 saturated heterocycles. The molecule has 0 spiro atoms. The van der Waals surface area contributed by atoms with Crippen molar-refractivity contribution in [2.75, 3.05) is 25.0 Å². The first-order valence-corrected chi connectivity index (χ1v) is 12.5. The lowest BCUT2D eigenvalue weighted by Gasteiger charge is -2.32. The summed E-state index contributed by atoms with van der Waals surface area (Å²) in [5, 5.41) is 10.0. The van der Waals surface area contributed by atoms with Gasteiger partial charge in [-0.3, -0.25) is 14.7 Å². The van der Waals surface area contributed by atoms with Crippen LogP contribution in [0.5, 0.6) is 0 Å². The van der Waals surface area contributed by atoms with E-state index in [-0.39, 0.29) is 11.6 Å². The lowest BCUT2D eigenvalue weighted by molar-refractivity contribution is 0.0525. The summed E-state index contributed by atoms with van der Waals surface area (Å²) in [5.41, 5.74) is 3.45. The maximum absolute atomic E-state index is 13.6. The van der Waals surface area contributed by atoms with Gasteiger partial charge in [0.15, 0.2) is 5.69 Å². The Morgan fingerprint density at radius 2 is 1.68 bits per heavy atom. The largest absolute Gasteiger partial charge is 0.462 e. The van der Waals surface area contributed by atoms with Crippen LogP contribution in [0.1, 0.15) is 62.5 Å². The Morgan fingerprint density at radius 1 is 1.00 bits per heavy atom. The molecule has 2 N–H and O–H groups in total. The molecule has 0 aliphatic carbocycles. The molecular formula is C29H27FN4O4. The Kier molecular flexibility index (Phi) is 7.17. The number of hydrogen-bond acceptors (Lipinski definition) is 5. The molecule has 0 saturated carbocycles. The topological polar surface area (TPSA) is 104 Å². The summed E-state index contributed by atoms with van der Waals surface area (Å²) >= 11 is 0. The number of nitrogens with one attached hydrogen (secondary N) is 2. The van der Waals surface area contributed by atoms with Crippen LogP contribution >= 0.6 is 0 Å². The van der Waals surface area contributed by atoms with Gasteiger partial charge in [-0.2, -0.15) is 5.10 Å². The lowest BCUT2D eigenvalue weighted by Crippen LogP contribution is -2.37. The summed E-state index contributed by atoms with van der Waals surface area (Å²) in [5.74, 6) is -1.01. The van der Waals surface area contributed by atoms with Crippen molar-refractivity contribution in [1.82, 2.24) is 15.1 Å². The van der Waals surface area contributed by atoms with Crippen LogP contribution in [0.25, 0.3) is 10.9 Å². The fourth-order valence-corrected chi connectivity index (χ4v) is 4.75. The Morgan fingerprint density at radius 3 is 2.37 bits per heavy atom. The highest BCUT2D eigenvalue weighted by molar-refractivity contribution is 6.11. The molecule has 0 radical (unpaired) electrons. The van der Waals surface area contributed by atoms with Crippen LogP contribution in [-0.4, -0.2) is 52.6 Å². The number of H-pyrrole nitrogens is 1. The zero-order valence-electron chi connectivity index (χ0n) is 20.9. The molecule has 1 aromatic heterocycles. The van der Waals surface area contributed by atoms with Crippen molar-refractivity contribution in [2.45, 2.75) is 25.7 Å². The van der Waals surface area contributed by atoms with Crippen molar-refractivity contribution in [2.24, 2.45) is 0 Å². The number of halogens is 1. The molecule has 1 aliphatic rings. The molecule has 1 aliphatic heterocycles. The predicted octanol–water partition coefficient (Wildman–Crippen LogP) is 5.15. The van der Waals surface area contributed by atoms with Crippen molar-refractivity contribution in [3.8, 4) is 0 Å². The quantitative estimate of drug-likeness (QED) is 0.346. The van der Waals surface area contributed by atoms with Gasteiger partial charge in [0.25, 0.3) is 11.8 Å². The van der Waals surface area contributed by atoms with Crippen LogP contribution in [0, 0.1) is 5.82 Å². The lowest BCUT2D eigenvalue weighted by atomic mass is 9.89. The maximum Gasteiger partial charge on any atom is 0.338 e. The molecular weight excluding hydrogens is 487 g/mol. The van der Waals surface area contributed by atoms with Crippen LogP contribution < -0.4 is 5.32 Å². The third kappa shape index (κ3) is 5.27. The van der Waals surface area contributed by atoms with Crippen LogP contribution in [0.2, 0.25) is 0 Å². The average molecular weight is 515 g/mol. The number of likely N-dealkylation sites (tertiary alicyclic amines) is 1. The summed E-state index contributed by atoms with van der Waals surface area (Å²) in [6, 6.07) is 18.3. The molecule has 38 heavy (non-hydrogen) atoms. The number of anilines is 1. The molecule has 5 rings (SSSR count). The molecule has 3 aromatic carbocycles. The van der Waals surface area contributed by atoms with E-state index in [2.05, 4.69) is 15.5 Å². The Bertz CT molecular complexity index is 1470. The van der Waals surface area contributed by atoms with Crippen LogP contribution in [0.15, 0.2) is 66.7 Å². The van der Waals surface area contributed by atoms with Gasteiger partial charge in [-0.05, 0) is 85.8 Å². The number of carbonyl (C=O) groups excluding carboxylic acids is 3. The molecule has 1 fully saturated rings. The molecule has 8 nitrogen and oxygen atoms in total. The van der Waals surface area contributed by atoms with Crippen molar-refractivity contribution < 1.29 is 23.5 Å². The van der Waals surface area contributed by atoms with E-state index in [4.69, 9.17) is 4.74 Å². The summed E-state index contributed by atoms with van der Waals surface area (Å²) in [6.07, 6.45) is 1.65. The highest BCUT2D eigenvalue weighted by Gasteiger charge is 2.25. The number of benzene rings is 3. The Hall–Kier alpha value is -4.53. The second kappa shape index (κ2) is 10.8. The smallest absolute Gasteiger partial charge is 0.338 e. The predicted molar refractivity (Wildman–Crippen MR) is 141 cm³/mol. The number of ether oxygens (including phenoxy) is 1. The van der Waals surface area contributed by atoms with E-state index in [1.54, 1.807) is 37.3 Å². The third-order valence-electron chi connectivity index (χ3n) is 6.81. The highest BCUT2D eigenvalue weighted by Crippen LogP contribution is 2.30. The van der Waals surface area contributed by atoms with Gasteiger partial charge in [-0.25, -0.2) is 9.18 Å². The first kappa shape index (κ1) is 25.1. The molecule has 4 aromatic rings. The van der Waals surface area contributed by atoms with E-state index >= 15 is 0 Å².